The zero-order valence-corrected chi connectivity index (χ0v) is 11.4. The SMILES string of the molecule is CC(N[C@H](CO)C(C)C)c1ccccc1OC(F)F. The summed E-state index contributed by atoms with van der Waals surface area (Å²) in [5.74, 6) is 0.411. The molecule has 0 aliphatic heterocycles. The van der Waals surface area contributed by atoms with Gasteiger partial charge < -0.3 is 15.2 Å². The lowest BCUT2D eigenvalue weighted by atomic mass is 10.0. The molecule has 0 aromatic heterocycles. The van der Waals surface area contributed by atoms with E-state index in [4.69, 9.17) is 0 Å². The average Bonchev–Trinajstić information content (AvgIpc) is 2.35. The van der Waals surface area contributed by atoms with Crippen LogP contribution in [0.15, 0.2) is 24.3 Å². The maximum absolute atomic E-state index is 12.3. The molecule has 1 aromatic rings. The Labute approximate surface area is 112 Å². The van der Waals surface area contributed by atoms with E-state index < -0.39 is 6.61 Å². The standard InChI is InChI=1S/C14H21F2NO2/c1-9(2)12(8-18)17-10(3)11-6-4-5-7-13(11)19-14(15)16/h4-7,9-10,12,14,17-18H,8H2,1-3H3/t10?,12-/m1/s1. The third-order valence-corrected chi connectivity index (χ3v) is 3.07. The highest BCUT2D eigenvalue weighted by Crippen LogP contribution is 2.27. The Balaban J connectivity index is 2.83. The maximum Gasteiger partial charge on any atom is 0.387 e. The van der Waals surface area contributed by atoms with Crippen LogP contribution in [0.1, 0.15) is 32.4 Å². The van der Waals surface area contributed by atoms with Crippen molar-refractivity contribution in [2.45, 2.75) is 39.5 Å². The number of nitrogens with one attached hydrogen (secondary N) is 1. The lowest BCUT2D eigenvalue weighted by Crippen LogP contribution is -2.38. The predicted molar refractivity (Wildman–Crippen MR) is 70.3 cm³/mol. The van der Waals surface area contributed by atoms with Gasteiger partial charge in [-0.05, 0) is 18.9 Å². The van der Waals surface area contributed by atoms with Gasteiger partial charge in [-0.15, -0.1) is 0 Å². The van der Waals surface area contributed by atoms with E-state index in [0.29, 0.717) is 5.56 Å². The van der Waals surface area contributed by atoms with E-state index in [1.54, 1.807) is 18.2 Å². The second-order valence-electron chi connectivity index (χ2n) is 4.84. The molecule has 0 heterocycles. The van der Waals surface area contributed by atoms with E-state index in [9.17, 15) is 13.9 Å². The molecule has 1 rings (SSSR count). The fourth-order valence-corrected chi connectivity index (χ4v) is 1.91. The summed E-state index contributed by atoms with van der Waals surface area (Å²) >= 11 is 0. The molecule has 2 N–H and O–H groups in total. The van der Waals surface area contributed by atoms with Crippen molar-refractivity contribution in [3.8, 4) is 5.75 Å². The van der Waals surface area contributed by atoms with Gasteiger partial charge in [0.25, 0.3) is 0 Å². The minimum atomic E-state index is -2.84. The van der Waals surface area contributed by atoms with Crippen molar-refractivity contribution in [3.05, 3.63) is 29.8 Å². The molecule has 0 radical (unpaired) electrons. The van der Waals surface area contributed by atoms with Gasteiger partial charge in [-0.2, -0.15) is 8.78 Å². The van der Waals surface area contributed by atoms with Crippen LogP contribution >= 0.6 is 0 Å². The highest BCUT2D eigenvalue weighted by atomic mass is 19.3. The van der Waals surface area contributed by atoms with E-state index in [0.717, 1.165) is 0 Å². The number of halogens is 2. The van der Waals surface area contributed by atoms with Gasteiger partial charge in [0.05, 0.1) is 6.61 Å². The van der Waals surface area contributed by atoms with Crippen molar-refractivity contribution in [1.82, 2.24) is 5.32 Å². The molecule has 5 heteroatoms. The van der Waals surface area contributed by atoms with Gasteiger partial charge in [-0.1, -0.05) is 32.0 Å². The minimum Gasteiger partial charge on any atom is -0.434 e. The normalized spacial score (nSPS) is 14.7. The molecule has 0 aliphatic carbocycles. The second kappa shape index (κ2) is 7.40. The van der Waals surface area contributed by atoms with Crippen LogP contribution in [0, 0.1) is 5.92 Å². The highest BCUT2D eigenvalue weighted by Gasteiger charge is 2.19. The Hall–Kier alpha value is -1.20. The molecule has 0 bridgehead atoms. The van der Waals surface area contributed by atoms with Crippen LogP contribution in [0.5, 0.6) is 5.75 Å². The Morgan fingerprint density at radius 3 is 2.37 bits per heavy atom. The zero-order valence-electron chi connectivity index (χ0n) is 11.4. The summed E-state index contributed by atoms with van der Waals surface area (Å²) in [6.45, 7) is 3.00. The summed E-state index contributed by atoms with van der Waals surface area (Å²) in [6.07, 6.45) is 0. The van der Waals surface area contributed by atoms with Gasteiger partial charge in [-0.3, -0.25) is 0 Å². The van der Waals surface area contributed by atoms with Gasteiger partial charge in [0, 0.05) is 17.6 Å². The van der Waals surface area contributed by atoms with Crippen molar-refractivity contribution in [2.75, 3.05) is 6.61 Å². The highest BCUT2D eigenvalue weighted by molar-refractivity contribution is 5.35. The molecule has 1 unspecified atom stereocenters. The zero-order chi connectivity index (χ0) is 14.4. The van der Waals surface area contributed by atoms with Gasteiger partial charge in [0.1, 0.15) is 5.75 Å². The van der Waals surface area contributed by atoms with Crippen molar-refractivity contribution in [1.29, 1.82) is 0 Å². The van der Waals surface area contributed by atoms with Crippen LogP contribution in [-0.4, -0.2) is 24.4 Å². The number of aliphatic hydroxyl groups is 1. The van der Waals surface area contributed by atoms with E-state index >= 15 is 0 Å². The molecular weight excluding hydrogens is 252 g/mol. The molecular formula is C14H21F2NO2. The summed E-state index contributed by atoms with van der Waals surface area (Å²) in [5, 5.41) is 12.5. The first kappa shape index (κ1) is 15.9. The fourth-order valence-electron chi connectivity index (χ4n) is 1.91. The van der Waals surface area contributed by atoms with Crippen LogP contribution in [0.4, 0.5) is 8.78 Å². The molecule has 108 valence electrons. The largest absolute Gasteiger partial charge is 0.434 e. The van der Waals surface area contributed by atoms with Crippen LogP contribution in [0.25, 0.3) is 0 Å². The smallest absolute Gasteiger partial charge is 0.387 e. The number of ether oxygens (including phenoxy) is 1. The third kappa shape index (κ3) is 4.76. The number of rotatable bonds is 7. The van der Waals surface area contributed by atoms with Crippen LogP contribution in [-0.2, 0) is 0 Å². The summed E-state index contributed by atoms with van der Waals surface area (Å²) in [6, 6.07) is 6.41. The monoisotopic (exact) mass is 273 g/mol. The Morgan fingerprint density at radius 2 is 1.84 bits per heavy atom. The number of hydrogen-bond acceptors (Lipinski definition) is 3. The lowest BCUT2D eigenvalue weighted by Gasteiger charge is -2.26. The minimum absolute atomic E-state index is 0.000121. The van der Waals surface area contributed by atoms with Crippen molar-refractivity contribution in [3.63, 3.8) is 0 Å². The molecule has 2 atom stereocenters. The molecule has 3 nitrogen and oxygen atoms in total. The maximum atomic E-state index is 12.3. The van der Waals surface area contributed by atoms with E-state index in [2.05, 4.69) is 10.1 Å². The average molecular weight is 273 g/mol. The summed E-state index contributed by atoms with van der Waals surface area (Å²) in [5.41, 5.74) is 0.655. The molecule has 0 spiro atoms. The molecule has 0 saturated heterocycles. The van der Waals surface area contributed by atoms with Gasteiger partial charge in [0.15, 0.2) is 0 Å². The number of aliphatic hydroxyl groups excluding tert-OH is 1. The van der Waals surface area contributed by atoms with Crippen LogP contribution in [0.2, 0.25) is 0 Å². The van der Waals surface area contributed by atoms with Gasteiger partial charge in [0.2, 0.25) is 0 Å². The Kier molecular flexibility index (Phi) is 6.18. The van der Waals surface area contributed by atoms with Crippen LogP contribution < -0.4 is 10.1 Å². The van der Waals surface area contributed by atoms with Crippen molar-refractivity contribution in [2.24, 2.45) is 5.92 Å². The Morgan fingerprint density at radius 1 is 1.21 bits per heavy atom. The quantitative estimate of drug-likeness (QED) is 0.802. The second-order valence-corrected chi connectivity index (χ2v) is 4.84. The molecule has 0 fully saturated rings. The molecule has 0 amide bonds. The summed E-state index contributed by atoms with van der Waals surface area (Å²) in [4.78, 5) is 0. The molecule has 19 heavy (non-hydrogen) atoms. The molecule has 1 aromatic carbocycles. The van der Waals surface area contributed by atoms with Gasteiger partial charge in [-0.25, -0.2) is 0 Å². The van der Waals surface area contributed by atoms with E-state index in [1.807, 2.05) is 20.8 Å². The number of hydrogen-bond donors (Lipinski definition) is 2. The van der Waals surface area contributed by atoms with E-state index in [1.165, 1.54) is 6.07 Å². The first-order valence-electron chi connectivity index (χ1n) is 6.36. The van der Waals surface area contributed by atoms with Crippen LogP contribution in [0.3, 0.4) is 0 Å². The van der Waals surface area contributed by atoms with Gasteiger partial charge >= 0.3 is 6.61 Å². The first-order valence-corrected chi connectivity index (χ1v) is 6.36. The van der Waals surface area contributed by atoms with Crippen molar-refractivity contribution < 1.29 is 18.6 Å². The number of benzene rings is 1. The first-order chi connectivity index (χ1) is 8.95. The predicted octanol–water partition coefficient (Wildman–Crippen LogP) is 2.96. The number of alkyl halides is 2. The topological polar surface area (TPSA) is 41.5 Å². The number of para-hydroxylation sites is 1. The van der Waals surface area contributed by atoms with Crippen molar-refractivity contribution >= 4 is 0 Å². The Bertz CT molecular complexity index is 385. The third-order valence-electron chi connectivity index (χ3n) is 3.07. The molecule has 0 saturated carbocycles. The summed E-state index contributed by atoms with van der Waals surface area (Å²) in [7, 11) is 0. The molecule has 0 aliphatic rings. The van der Waals surface area contributed by atoms with E-state index in [-0.39, 0.29) is 30.4 Å². The lowest BCUT2D eigenvalue weighted by molar-refractivity contribution is -0.0507. The fraction of sp³-hybridized carbons (Fsp3) is 0.571. The summed E-state index contributed by atoms with van der Waals surface area (Å²) < 4.78 is 29.2.